The summed E-state index contributed by atoms with van der Waals surface area (Å²) in [5, 5.41) is 10.8. The van der Waals surface area contributed by atoms with E-state index in [4.69, 9.17) is 16.3 Å². The van der Waals surface area contributed by atoms with Gasteiger partial charge >= 0.3 is 0 Å². The summed E-state index contributed by atoms with van der Waals surface area (Å²) in [6.45, 7) is 6.12. The molecule has 0 fully saturated rings. The summed E-state index contributed by atoms with van der Waals surface area (Å²) in [5.74, 6) is 0. The Kier molecular flexibility index (Phi) is 4.92. The van der Waals surface area contributed by atoms with Crippen LogP contribution in [0.1, 0.15) is 26.3 Å². The number of aliphatic hydroxyl groups is 1. The normalized spacial score (nSPS) is 15.6. The van der Waals surface area contributed by atoms with E-state index in [1.54, 1.807) is 19.5 Å². The third-order valence-corrected chi connectivity index (χ3v) is 3.08. The van der Waals surface area contributed by atoms with Crippen LogP contribution in [0.25, 0.3) is 0 Å². The number of pyridine rings is 1. The van der Waals surface area contributed by atoms with Gasteiger partial charge in [0.15, 0.2) is 0 Å². The van der Waals surface area contributed by atoms with Crippen molar-refractivity contribution in [3.8, 4) is 0 Å². The first kappa shape index (κ1) is 14.4. The molecule has 2 unspecified atom stereocenters. The standard InChI is InChI=1S/C13H20ClNO2/c1-13(2,3)12(17-4)11(16)7-9-5-6-15-8-10(9)14/h5-6,8,11-12,16H,7H2,1-4H3. The molecule has 1 heterocycles. The van der Waals surface area contributed by atoms with Crippen LogP contribution in [0.15, 0.2) is 18.5 Å². The number of ether oxygens (including phenoxy) is 1. The van der Waals surface area contributed by atoms with E-state index in [1.165, 1.54) is 0 Å². The largest absolute Gasteiger partial charge is 0.390 e. The summed E-state index contributed by atoms with van der Waals surface area (Å²) in [7, 11) is 1.62. The molecule has 0 aliphatic rings. The second-order valence-electron chi connectivity index (χ2n) is 5.26. The first-order valence-corrected chi connectivity index (χ1v) is 6.03. The molecule has 0 aromatic carbocycles. The van der Waals surface area contributed by atoms with E-state index in [2.05, 4.69) is 4.98 Å². The van der Waals surface area contributed by atoms with Gasteiger partial charge in [-0.15, -0.1) is 0 Å². The van der Waals surface area contributed by atoms with Crippen LogP contribution >= 0.6 is 11.6 Å². The summed E-state index contributed by atoms with van der Waals surface area (Å²) in [5.41, 5.74) is 0.772. The maximum Gasteiger partial charge on any atom is 0.0881 e. The van der Waals surface area contributed by atoms with Crippen molar-refractivity contribution in [2.24, 2.45) is 5.41 Å². The van der Waals surface area contributed by atoms with Crippen molar-refractivity contribution >= 4 is 11.6 Å². The van der Waals surface area contributed by atoms with E-state index in [-0.39, 0.29) is 11.5 Å². The molecule has 96 valence electrons. The fraction of sp³-hybridized carbons (Fsp3) is 0.615. The number of halogens is 1. The van der Waals surface area contributed by atoms with Crippen molar-refractivity contribution < 1.29 is 9.84 Å². The van der Waals surface area contributed by atoms with Crippen LogP contribution in [0, 0.1) is 5.41 Å². The van der Waals surface area contributed by atoms with E-state index in [9.17, 15) is 5.11 Å². The molecule has 0 spiro atoms. The van der Waals surface area contributed by atoms with Crippen LogP contribution in [0.2, 0.25) is 5.02 Å². The average molecular weight is 258 g/mol. The molecule has 0 amide bonds. The van der Waals surface area contributed by atoms with Gasteiger partial charge in [0.2, 0.25) is 0 Å². The van der Waals surface area contributed by atoms with Gasteiger partial charge in [0, 0.05) is 25.9 Å². The smallest absolute Gasteiger partial charge is 0.0881 e. The number of aliphatic hydroxyl groups excluding tert-OH is 1. The highest BCUT2D eigenvalue weighted by molar-refractivity contribution is 6.31. The fourth-order valence-corrected chi connectivity index (χ4v) is 2.19. The minimum Gasteiger partial charge on any atom is -0.390 e. The van der Waals surface area contributed by atoms with Crippen molar-refractivity contribution in [2.75, 3.05) is 7.11 Å². The van der Waals surface area contributed by atoms with Crippen molar-refractivity contribution in [1.82, 2.24) is 4.98 Å². The van der Waals surface area contributed by atoms with Crippen molar-refractivity contribution in [3.05, 3.63) is 29.0 Å². The maximum atomic E-state index is 10.2. The number of rotatable bonds is 4. The van der Waals surface area contributed by atoms with Gasteiger partial charge in [-0.25, -0.2) is 0 Å². The van der Waals surface area contributed by atoms with Crippen molar-refractivity contribution in [2.45, 2.75) is 39.4 Å². The second kappa shape index (κ2) is 5.80. The minimum atomic E-state index is -0.583. The summed E-state index contributed by atoms with van der Waals surface area (Å²) >= 11 is 6.02. The van der Waals surface area contributed by atoms with Gasteiger partial charge < -0.3 is 9.84 Å². The van der Waals surface area contributed by atoms with E-state index in [1.807, 2.05) is 26.8 Å². The molecule has 17 heavy (non-hydrogen) atoms. The Hall–Kier alpha value is -0.640. The highest BCUT2D eigenvalue weighted by Crippen LogP contribution is 2.27. The topological polar surface area (TPSA) is 42.4 Å². The zero-order chi connectivity index (χ0) is 13.1. The highest BCUT2D eigenvalue weighted by atomic mass is 35.5. The Morgan fingerprint density at radius 2 is 2.12 bits per heavy atom. The van der Waals surface area contributed by atoms with E-state index >= 15 is 0 Å². The molecule has 1 aromatic heterocycles. The van der Waals surface area contributed by atoms with Gasteiger partial charge in [0.1, 0.15) is 0 Å². The predicted molar refractivity (Wildman–Crippen MR) is 69.2 cm³/mol. The lowest BCUT2D eigenvalue weighted by Crippen LogP contribution is -2.40. The van der Waals surface area contributed by atoms with Crippen LogP contribution in [0.4, 0.5) is 0 Å². The molecule has 1 N–H and O–H groups in total. The molecule has 4 heteroatoms. The molecule has 0 bridgehead atoms. The molecule has 0 saturated heterocycles. The molecule has 1 rings (SSSR count). The Balaban J connectivity index is 2.78. The third-order valence-electron chi connectivity index (χ3n) is 2.74. The molecule has 0 radical (unpaired) electrons. The number of aromatic nitrogens is 1. The van der Waals surface area contributed by atoms with Crippen LogP contribution in [-0.4, -0.2) is 29.4 Å². The molecule has 2 atom stereocenters. The minimum absolute atomic E-state index is 0.117. The maximum absolute atomic E-state index is 10.2. The number of hydrogen-bond acceptors (Lipinski definition) is 3. The predicted octanol–water partition coefficient (Wildman–Crippen LogP) is 2.70. The second-order valence-corrected chi connectivity index (χ2v) is 5.67. The first-order chi connectivity index (χ1) is 7.86. The summed E-state index contributed by atoms with van der Waals surface area (Å²) in [6, 6.07) is 1.82. The average Bonchev–Trinajstić information content (AvgIpc) is 2.20. The zero-order valence-electron chi connectivity index (χ0n) is 10.8. The monoisotopic (exact) mass is 257 g/mol. The Morgan fingerprint density at radius 3 is 2.59 bits per heavy atom. The van der Waals surface area contributed by atoms with Gasteiger partial charge in [0.05, 0.1) is 17.2 Å². The number of nitrogens with zero attached hydrogens (tertiary/aromatic N) is 1. The van der Waals surface area contributed by atoms with Crippen LogP contribution < -0.4 is 0 Å². The molecular formula is C13H20ClNO2. The molecule has 0 aliphatic carbocycles. The van der Waals surface area contributed by atoms with Gasteiger partial charge in [-0.3, -0.25) is 4.98 Å². The van der Waals surface area contributed by atoms with Crippen LogP contribution in [0.5, 0.6) is 0 Å². The Labute approximate surface area is 108 Å². The number of hydrogen-bond donors (Lipinski definition) is 1. The Bertz CT molecular complexity index is 363. The van der Waals surface area contributed by atoms with Crippen LogP contribution in [-0.2, 0) is 11.2 Å². The van der Waals surface area contributed by atoms with Gasteiger partial charge in [-0.05, 0) is 17.0 Å². The van der Waals surface area contributed by atoms with Crippen molar-refractivity contribution in [3.63, 3.8) is 0 Å². The first-order valence-electron chi connectivity index (χ1n) is 5.65. The van der Waals surface area contributed by atoms with Gasteiger partial charge in [-0.2, -0.15) is 0 Å². The molecule has 0 aliphatic heterocycles. The summed E-state index contributed by atoms with van der Waals surface area (Å²) < 4.78 is 5.38. The van der Waals surface area contributed by atoms with Gasteiger partial charge in [0.25, 0.3) is 0 Å². The van der Waals surface area contributed by atoms with E-state index in [0.29, 0.717) is 11.4 Å². The lowest BCUT2D eigenvalue weighted by Gasteiger charge is -2.33. The lowest BCUT2D eigenvalue weighted by atomic mass is 9.84. The van der Waals surface area contributed by atoms with Crippen LogP contribution in [0.3, 0.4) is 0 Å². The fourth-order valence-electron chi connectivity index (χ4n) is 1.99. The lowest BCUT2D eigenvalue weighted by molar-refractivity contribution is -0.0699. The SMILES string of the molecule is COC(C(O)Cc1ccncc1Cl)C(C)(C)C. The highest BCUT2D eigenvalue weighted by Gasteiger charge is 2.31. The Morgan fingerprint density at radius 1 is 1.47 bits per heavy atom. The van der Waals surface area contributed by atoms with Crippen molar-refractivity contribution in [1.29, 1.82) is 0 Å². The quantitative estimate of drug-likeness (QED) is 0.902. The summed E-state index contributed by atoms with van der Waals surface area (Å²) in [6.07, 6.45) is 2.92. The summed E-state index contributed by atoms with van der Waals surface area (Å²) in [4.78, 5) is 3.92. The van der Waals surface area contributed by atoms with E-state index < -0.39 is 6.10 Å². The van der Waals surface area contributed by atoms with E-state index in [0.717, 1.165) is 5.56 Å². The van der Waals surface area contributed by atoms with Gasteiger partial charge in [-0.1, -0.05) is 32.4 Å². The molecule has 0 saturated carbocycles. The number of methoxy groups -OCH3 is 1. The molecule has 3 nitrogen and oxygen atoms in total. The third kappa shape index (κ3) is 3.95. The zero-order valence-corrected chi connectivity index (χ0v) is 11.5. The molecule has 1 aromatic rings. The molecular weight excluding hydrogens is 238 g/mol.